The number of ketones is 1. The van der Waals surface area contributed by atoms with Gasteiger partial charge in [0.25, 0.3) is 11.8 Å². The molecule has 1 N–H and O–H groups in total. The number of nitrogens with one attached hydrogen (secondary N) is 1. The van der Waals surface area contributed by atoms with Gasteiger partial charge >= 0.3 is 0 Å². The van der Waals surface area contributed by atoms with Gasteiger partial charge in [0.2, 0.25) is 5.78 Å². The third-order valence-electron chi connectivity index (χ3n) is 4.53. The van der Waals surface area contributed by atoms with Gasteiger partial charge in [0.15, 0.2) is 11.8 Å². The zero-order chi connectivity index (χ0) is 19.9. The van der Waals surface area contributed by atoms with Crippen molar-refractivity contribution in [2.45, 2.75) is 44.8 Å². The highest BCUT2D eigenvalue weighted by molar-refractivity contribution is 6.00. The normalized spacial score (nSPS) is 13.2. The number of hydrogen-bond donors (Lipinski definition) is 1. The van der Waals surface area contributed by atoms with Crippen LogP contribution in [-0.2, 0) is 11.2 Å². The molecule has 3 aromatic rings. The molecule has 5 nitrogen and oxygen atoms in total. The number of Topliss-reactive ketones (excluding diaryl/α,β-unsaturated/α-hetero) is 1. The predicted octanol–water partition coefficient (Wildman–Crippen LogP) is 4.27. The van der Waals surface area contributed by atoms with Gasteiger partial charge in [-0.1, -0.05) is 55.8 Å². The number of fused-ring (bicyclic) bond motifs is 1. The summed E-state index contributed by atoms with van der Waals surface area (Å²) in [4.78, 5) is 29.2. The van der Waals surface area contributed by atoms with Crippen LogP contribution in [0.25, 0.3) is 11.1 Å². The van der Waals surface area contributed by atoms with Gasteiger partial charge in [0.1, 0.15) is 5.52 Å². The van der Waals surface area contributed by atoms with Crippen LogP contribution in [0.4, 0.5) is 4.39 Å². The molecule has 1 amide bonds. The Morgan fingerprint density at radius 3 is 2.50 bits per heavy atom. The fourth-order valence-corrected chi connectivity index (χ4v) is 3.02. The van der Waals surface area contributed by atoms with Crippen molar-refractivity contribution >= 4 is 22.8 Å². The molecule has 0 radical (unpaired) electrons. The summed E-state index contributed by atoms with van der Waals surface area (Å²) in [5.41, 5.74) is 2.03. The average Bonchev–Trinajstić information content (AvgIpc) is 3.16. The lowest BCUT2D eigenvalue weighted by Gasteiger charge is -2.17. The lowest BCUT2D eigenvalue weighted by Crippen LogP contribution is -2.44. The molecule has 2 aromatic carbocycles. The van der Waals surface area contributed by atoms with Crippen molar-refractivity contribution in [3.05, 3.63) is 66.1 Å². The van der Waals surface area contributed by atoms with Gasteiger partial charge < -0.3 is 9.73 Å². The van der Waals surface area contributed by atoms with Crippen molar-refractivity contribution in [1.82, 2.24) is 10.3 Å². The molecule has 146 valence electrons. The fraction of sp³-hybridized carbons (Fsp3) is 0.318. The van der Waals surface area contributed by atoms with Crippen LogP contribution in [0, 0.1) is 0 Å². The summed E-state index contributed by atoms with van der Waals surface area (Å²) in [5, 5.41) is 2.53. The van der Waals surface area contributed by atoms with Crippen LogP contribution in [-0.4, -0.2) is 28.9 Å². The van der Waals surface area contributed by atoms with Crippen LogP contribution in [0.2, 0.25) is 0 Å². The number of halogens is 1. The van der Waals surface area contributed by atoms with Crippen LogP contribution in [0.3, 0.4) is 0 Å². The molecule has 0 unspecified atom stereocenters. The molecule has 0 aliphatic heterocycles. The summed E-state index contributed by atoms with van der Waals surface area (Å²) in [5.74, 6) is -1.29. The standard InChI is InChI=1S/C22H23FN2O3/c1-2-8-18(20(26)22-25-17-11-6-7-12-19(17)28-22)24-21(27)16(23)14-13-15-9-4-3-5-10-15/h3-7,9-12,16,18H,2,8,13-14H2,1H3,(H,24,27)/t16-,18+/m0/s1. The third kappa shape index (κ3) is 4.82. The molecule has 0 fully saturated rings. The number of nitrogens with zero attached hydrogens (tertiary/aromatic N) is 1. The molecule has 6 heteroatoms. The molecule has 28 heavy (non-hydrogen) atoms. The van der Waals surface area contributed by atoms with Gasteiger partial charge in [-0.2, -0.15) is 0 Å². The van der Waals surface area contributed by atoms with Gasteiger partial charge in [-0.15, -0.1) is 0 Å². The Hall–Kier alpha value is -3.02. The van der Waals surface area contributed by atoms with Crippen LogP contribution in [0.15, 0.2) is 59.0 Å². The van der Waals surface area contributed by atoms with E-state index in [0.29, 0.717) is 30.4 Å². The first kappa shape index (κ1) is 19.7. The van der Waals surface area contributed by atoms with E-state index in [2.05, 4.69) is 10.3 Å². The number of oxazole rings is 1. The zero-order valence-corrected chi connectivity index (χ0v) is 15.7. The van der Waals surface area contributed by atoms with Gasteiger partial charge in [-0.25, -0.2) is 9.37 Å². The van der Waals surface area contributed by atoms with E-state index < -0.39 is 23.9 Å². The van der Waals surface area contributed by atoms with Crippen molar-refractivity contribution in [2.24, 2.45) is 0 Å². The maximum absolute atomic E-state index is 14.4. The summed E-state index contributed by atoms with van der Waals surface area (Å²) < 4.78 is 19.9. The summed E-state index contributed by atoms with van der Waals surface area (Å²) in [6, 6.07) is 15.6. The van der Waals surface area contributed by atoms with E-state index in [1.54, 1.807) is 24.3 Å². The zero-order valence-electron chi connectivity index (χ0n) is 15.7. The van der Waals surface area contributed by atoms with E-state index in [0.717, 1.165) is 5.56 Å². The van der Waals surface area contributed by atoms with E-state index >= 15 is 0 Å². The van der Waals surface area contributed by atoms with Gasteiger partial charge in [-0.3, -0.25) is 9.59 Å². The number of carbonyl (C=O) groups excluding carboxylic acids is 2. The van der Waals surface area contributed by atoms with Crippen molar-refractivity contribution in [1.29, 1.82) is 0 Å². The minimum atomic E-state index is -1.68. The number of aryl methyl sites for hydroxylation is 1. The molecule has 1 heterocycles. The fourth-order valence-electron chi connectivity index (χ4n) is 3.02. The Bertz CT molecular complexity index is 906. The van der Waals surface area contributed by atoms with E-state index in [-0.39, 0.29) is 12.3 Å². The Kier molecular flexibility index (Phi) is 6.53. The summed E-state index contributed by atoms with van der Waals surface area (Å²) in [6.07, 6.45) is -0.137. The smallest absolute Gasteiger partial charge is 0.266 e. The number of amides is 1. The largest absolute Gasteiger partial charge is 0.434 e. The quantitative estimate of drug-likeness (QED) is 0.561. The molecular weight excluding hydrogens is 359 g/mol. The third-order valence-corrected chi connectivity index (χ3v) is 4.53. The molecule has 0 saturated carbocycles. The number of para-hydroxylation sites is 2. The highest BCUT2D eigenvalue weighted by atomic mass is 19.1. The van der Waals surface area contributed by atoms with Crippen molar-refractivity contribution < 1.29 is 18.4 Å². The maximum Gasteiger partial charge on any atom is 0.266 e. The first-order chi connectivity index (χ1) is 13.6. The highest BCUT2D eigenvalue weighted by Crippen LogP contribution is 2.17. The van der Waals surface area contributed by atoms with Crippen molar-refractivity contribution in [3.63, 3.8) is 0 Å². The lowest BCUT2D eigenvalue weighted by atomic mass is 10.0. The second-order valence-corrected chi connectivity index (χ2v) is 6.69. The molecule has 1 aromatic heterocycles. The first-order valence-corrected chi connectivity index (χ1v) is 9.46. The second-order valence-electron chi connectivity index (χ2n) is 6.69. The molecule has 0 bridgehead atoms. The van der Waals surface area contributed by atoms with Crippen LogP contribution in [0.5, 0.6) is 0 Å². The maximum atomic E-state index is 14.4. The topological polar surface area (TPSA) is 72.2 Å². The highest BCUT2D eigenvalue weighted by Gasteiger charge is 2.28. The molecule has 0 aliphatic carbocycles. The average molecular weight is 382 g/mol. The minimum absolute atomic E-state index is 0.0613. The van der Waals surface area contributed by atoms with Crippen molar-refractivity contribution in [2.75, 3.05) is 0 Å². The van der Waals surface area contributed by atoms with Gasteiger partial charge in [-0.05, 0) is 37.0 Å². The molecule has 2 atom stereocenters. The number of aromatic nitrogens is 1. The minimum Gasteiger partial charge on any atom is -0.434 e. The van der Waals surface area contributed by atoms with Crippen molar-refractivity contribution in [3.8, 4) is 0 Å². The van der Waals surface area contributed by atoms with Gasteiger partial charge in [0, 0.05) is 0 Å². The summed E-state index contributed by atoms with van der Waals surface area (Å²) in [6.45, 7) is 1.89. The number of alkyl halides is 1. The van der Waals surface area contributed by atoms with Crippen LogP contribution >= 0.6 is 0 Å². The molecule has 3 rings (SSSR count). The number of rotatable bonds is 9. The molecule has 0 aliphatic rings. The molecule has 0 saturated heterocycles. The Morgan fingerprint density at radius 2 is 1.79 bits per heavy atom. The molecular formula is C22H23FN2O3. The van der Waals surface area contributed by atoms with E-state index in [4.69, 9.17) is 4.42 Å². The Labute approximate surface area is 163 Å². The Morgan fingerprint density at radius 1 is 1.07 bits per heavy atom. The first-order valence-electron chi connectivity index (χ1n) is 9.46. The lowest BCUT2D eigenvalue weighted by molar-refractivity contribution is -0.126. The van der Waals surface area contributed by atoms with Gasteiger partial charge in [0.05, 0.1) is 6.04 Å². The van der Waals surface area contributed by atoms with Crippen LogP contribution in [0.1, 0.15) is 42.4 Å². The van der Waals surface area contributed by atoms with E-state index in [1.807, 2.05) is 37.3 Å². The van der Waals surface area contributed by atoms with E-state index in [9.17, 15) is 14.0 Å². The summed E-state index contributed by atoms with van der Waals surface area (Å²) >= 11 is 0. The van der Waals surface area contributed by atoms with Crippen LogP contribution < -0.4 is 5.32 Å². The number of carbonyl (C=O) groups is 2. The van der Waals surface area contributed by atoms with E-state index in [1.165, 1.54) is 0 Å². The number of hydrogen-bond acceptors (Lipinski definition) is 4. The predicted molar refractivity (Wildman–Crippen MR) is 105 cm³/mol. The molecule has 0 spiro atoms. The Balaban J connectivity index is 1.64. The monoisotopic (exact) mass is 382 g/mol. The SMILES string of the molecule is CCC[C@@H](NC(=O)[C@@H](F)CCc1ccccc1)C(=O)c1nc2ccccc2o1. The second kappa shape index (κ2) is 9.26. The summed E-state index contributed by atoms with van der Waals surface area (Å²) in [7, 11) is 0. The number of benzene rings is 2.